The Labute approximate surface area is 221 Å². The zero-order valence-electron chi connectivity index (χ0n) is 21.0. The van der Waals surface area contributed by atoms with Gasteiger partial charge in [0.15, 0.2) is 0 Å². The molecular weight excluding hydrogens is 488 g/mol. The van der Waals surface area contributed by atoms with Gasteiger partial charge in [0.1, 0.15) is 18.1 Å². The summed E-state index contributed by atoms with van der Waals surface area (Å²) in [6, 6.07) is 25.7. The molecule has 0 aliphatic heterocycles. The fourth-order valence-corrected chi connectivity index (χ4v) is 4.20. The Kier molecular flexibility index (Phi) is 8.25. The molecule has 0 unspecified atom stereocenters. The quantitative estimate of drug-likeness (QED) is 0.299. The maximum Gasteiger partial charge on any atom is 0.254 e. The molecule has 0 bridgehead atoms. The molecule has 0 spiro atoms. The Hall–Kier alpha value is -4.10. The van der Waals surface area contributed by atoms with Crippen LogP contribution in [0.3, 0.4) is 0 Å². The molecule has 4 aromatic rings. The predicted octanol–water partition coefficient (Wildman–Crippen LogP) is 5.94. The molecular formula is C29H29ClN4O3. The van der Waals surface area contributed by atoms with Crippen LogP contribution >= 0.6 is 11.6 Å². The Bertz CT molecular complexity index is 1380. The van der Waals surface area contributed by atoms with Gasteiger partial charge in [-0.05, 0) is 36.2 Å². The number of carbonyl (C=O) groups is 2. The fraction of sp³-hybridized carbons (Fsp3) is 0.207. The highest BCUT2D eigenvalue weighted by Gasteiger charge is 2.22. The maximum atomic E-state index is 13.3. The second-order valence-corrected chi connectivity index (χ2v) is 9.41. The summed E-state index contributed by atoms with van der Waals surface area (Å²) < 4.78 is 6.87. The SMILES string of the molecule is COc1cccc(C(=O)N(CC(=O)Nc2cc(-c3ccccc3)nn2-c2ccccc2Cl)CC(C)C)c1. The smallest absolute Gasteiger partial charge is 0.254 e. The Balaban J connectivity index is 1.62. The van der Waals surface area contributed by atoms with Gasteiger partial charge in [0.2, 0.25) is 5.91 Å². The minimum Gasteiger partial charge on any atom is -0.497 e. The zero-order valence-corrected chi connectivity index (χ0v) is 21.8. The van der Waals surface area contributed by atoms with Crippen molar-refractivity contribution in [1.82, 2.24) is 14.7 Å². The molecule has 0 radical (unpaired) electrons. The topological polar surface area (TPSA) is 76.5 Å². The Morgan fingerprint density at radius 1 is 1.00 bits per heavy atom. The third-order valence-electron chi connectivity index (χ3n) is 5.65. The second-order valence-electron chi connectivity index (χ2n) is 9.00. The first-order chi connectivity index (χ1) is 17.9. The predicted molar refractivity (Wildman–Crippen MR) is 146 cm³/mol. The number of hydrogen-bond donors (Lipinski definition) is 1. The van der Waals surface area contributed by atoms with Crippen molar-refractivity contribution in [2.75, 3.05) is 25.5 Å². The van der Waals surface area contributed by atoms with Crippen LogP contribution in [0.2, 0.25) is 5.02 Å². The molecule has 0 aliphatic carbocycles. The van der Waals surface area contributed by atoms with Gasteiger partial charge in [-0.1, -0.05) is 74.0 Å². The molecule has 1 heterocycles. The van der Waals surface area contributed by atoms with E-state index in [1.54, 1.807) is 53.1 Å². The number of nitrogens with zero attached hydrogens (tertiary/aromatic N) is 3. The first kappa shape index (κ1) is 26.0. The van der Waals surface area contributed by atoms with Crippen LogP contribution in [0.1, 0.15) is 24.2 Å². The van der Waals surface area contributed by atoms with E-state index in [9.17, 15) is 9.59 Å². The van der Waals surface area contributed by atoms with E-state index < -0.39 is 0 Å². The number of hydrogen-bond acceptors (Lipinski definition) is 4. The summed E-state index contributed by atoms with van der Waals surface area (Å²) in [7, 11) is 1.55. The lowest BCUT2D eigenvalue weighted by Gasteiger charge is -2.24. The molecule has 0 aliphatic rings. The number of aromatic nitrogens is 2. The van der Waals surface area contributed by atoms with Gasteiger partial charge in [-0.25, -0.2) is 4.68 Å². The molecule has 4 rings (SSSR count). The lowest BCUT2D eigenvalue weighted by molar-refractivity contribution is -0.117. The van der Waals surface area contributed by atoms with Crippen LogP contribution in [-0.4, -0.2) is 46.7 Å². The summed E-state index contributed by atoms with van der Waals surface area (Å²) in [6.45, 7) is 4.30. The minimum absolute atomic E-state index is 0.122. The van der Waals surface area contributed by atoms with Crippen molar-refractivity contribution in [3.8, 4) is 22.7 Å². The Morgan fingerprint density at radius 2 is 1.73 bits per heavy atom. The number of methoxy groups -OCH3 is 1. The van der Waals surface area contributed by atoms with Gasteiger partial charge in [-0.2, -0.15) is 5.10 Å². The van der Waals surface area contributed by atoms with Crippen LogP contribution in [-0.2, 0) is 4.79 Å². The number of amides is 2. The van der Waals surface area contributed by atoms with E-state index >= 15 is 0 Å². The summed E-state index contributed by atoms with van der Waals surface area (Å²) in [5, 5.41) is 8.16. The first-order valence-electron chi connectivity index (χ1n) is 12.0. The number of benzene rings is 3. The van der Waals surface area contributed by atoms with Crippen molar-refractivity contribution in [2.45, 2.75) is 13.8 Å². The van der Waals surface area contributed by atoms with Crippen LogP contribution in [0.15, 0.2) is 84.9 Å². The summed E-state index contributed by atoms with van der Waals surface area (Å²) in [4.78, 5) is 28.1. The van der Waals surface area contributed by atoms with E-state index in [-0.39, 0.29) is 24.3 Å². The largest absolute Gasteiger partial charge is 0.497 e. The highest BCUT2D eigenvalue weighted by Crippen LogP contribution is 2.28. The van der Waals surface area contributed by atoms with Crippen molar-refractivity contribution in [3.05, 3.63) is 95.5 Å². The minimum atomic E-state index is -0.343. The molecule has 0 saturated heterocycles. The monoisotopic (exact) mass is 516 g/mol. The molecule has 1 aromatic heterocycles. The van der Waals surface area contributed by atoms with Gasteiger partial charge >= 0.3 is 0 Å². The lowest BCUT2D eigenvalue weighted by Crippen LogP contribution is -2.40. The van der Waals surface area contributed by atoms with Crippen LogP contribution < -0.4 is 10.1 Å². The maximum absolute atomic E-state index is 13.3. The van der Waals surface area contributed by atoms with E-state index in [2.05, 4.69) is 5.32 Å². The van der Waals surface area contributed by atoms with Crippen LogP contribution in [0.25, 0.3) is 16.9 Å². The summed E-state index contributed by atoms with van der Waals surface area (Å²) in [5.74, 6) is 0.616. The van der Waals surface area contributed by atoms with E-state index in [0.29, 0.717) is 40.1 Å². The number of ether oxygens (including phenoxy) is 1. The van der Waals surface area contributed by atoms with Crippen molar-refractivity contribution in [3.63, 3.8) is 0 Å². The first-order valence-corrected chi connectivity index (χ1v) is 12.4. The van der Waals surface area contributed by atoms with Crippen molar-refractivity contribution in [2.24, 2.45) is 5.92 Å². The highest BCUT2D eigenvalue weighted by atomic mass is 35.5. The molecule has 0 fully saturated rings. The summed E-state index contributed by atoms with van der Waals surface area (Å²) in [5.41, 5.74) is 2.68. The fourth-order valence-electron chi connectivity index (χ4n) is 3.98. The Morgan fingerprint density at radius 3 is 2.43 bits per heavy atom. The van der Waals surface area contributed by atoms with E-state index in [0.717, 1.165) is 5.56 Å². The van der Waals surface area contributed by atoms with E-state index in [1.807, 2.05) is 62.4 Å². The molecule has 1 N–H and O–H groups in total. The van der Waals surface area contributed by atoms with Crippen LogP contribution in [0.4, 0.5) is 5.82 Å². The third kappa shape index (κ3) is 6.37. The molecule has 190 valence electrons. The standard InChI is InChI=1S/C29H29ClN4O3/c1-20(2)18-33(29(36)22-12-9-13-23(16-22)37-3)19-28(35)31-27-17-25(21-10-5-4-6-11-21)32-34(27)26-15-8-7-14-24(26)30/h4-17,20H,18-19H2,1-3H3,(H,31,35). The third-order valence-corrected chi connectivity index (χ3v) is 5.97. The molecule has 2 amide bonds. The average molecular weight is 517 g/mol. The highest BCUT2D eigenvalue weighted by molar-refractivity contribution is 6.32. The second kappa shape index (κ2) is 11.8. The molecule has 3 aromatic carbocycles. The number of carbonyl (C=O) groups excluding carboxylic acids is 2. The number of nitrogens with one attached hydrogen (secondary N) is 1. The number of para-hydroxylation sites is 1. The van der Waals surface area contributed by atoms with Gasteiger partial charge in [0.25, 0.3) is 5.91 Å². The van der Waals surface area contributed by atoms with Gasteiger partial charge < -0.3 is 15.0 Å². The molecule has 8 heteroatoms. The molecule has 0 saturated carbocycles. The lowest BCUT2D eigenvalue weighted by atomic mass is 10.1. The summed E-state index contributed by atoms with van der Waals surface area (Å²) in [6.07, 6.45) is 0. The molecule has 7 nitrogen and oxygen atoms in total. The number of rotatable bonds is 9. The average Bonchev–Trinajstić information content (AvgIpc) is 3.31. The normalized spacial score (nSPS) is 10.8. The molecule has 37 heavy (non-hydrogen) atoms. The van der Waals surface area contributed by atoms with Crippen molar-refractivity contribution in [1.29, 1.82) is 0 Å². The van der Waals surface area contributed by atoms with Crippen LogP contribution in [0, 0.1) is 5.92 Å². The van der Waals surface area contributed by atoms with Gasteiger partial charge in [-0.3, -0.25) is 9.59 Å². The summed E-state index contributed by atoms with van der Waals surface area (Å²) >= 11 is 6.46. The zero-order chi connectivity index (χ0) is 26.4. The van der Waals surface area contributed by atoms with Crippen molar-refractivity contribution >= 4 is 29.2 Å². The number of halogens is 1. The van der Waals surface area contributed by atoms with Gasteiger partial charge in [-0.15, -0.1) is 0 Å². The van der Waals surface area contributed by atoms with Crippen molar-refractivity contribution < 1.29 is 14.3 Å². The van der Waals surface area contributed by atoms with Crippen LogP contribution in [0.5, 0.6) is 5.75 Å². The van der Waals surface area contributed by atoms with E-state index in [1.165, 1.54) is 0 Å². The van der Waals surface area contributed by atoms with Gasteiger partial charge in [0, 0.05) is 23.7 Å². The molecule has 0 atom stereocenters. The van der Waals surface area contributed by atoms with E-state index in [4.69, 9.17) is 21.4 Å². The number of anilines is 1. The van der Waals surface area contributed by atoms with Gasteiger partial charge in [0.05, 0.1) is 23.5 Å².